The molecular weight excluding hydrogens is 235 g/mol. The molecule has 0 bridgehead atoms. The molecule has 0 aromatic heterocycles. The van der Waals surface area contributed by atoms with Crippen molar-refractivity contribution in [3.63, 3.8) is 0 Å². The van der Waals surface area contributed by atoms with E-state index < -0.39 is 5.82 Å². The van der Waals surface area contributed by atoms with Crippen molar-refractivity contribution in [2.75, 3.05) is 14.2 Å². The van der Waals surface area contributed by atoms with Gasteiger partial charge in [-0.25, -0.2) is 4.39 Å². The van der Waals surface area contributed by atoms with Gasteiger partial charge in [0.05, 0.1) is 14.2 Å². The third-order valence-electron chi connectivity index (χ3n) is 2.65. The minimum atomic E-state index is -0.512. The summed E-state index contributed by atoms with van der Waals surface area (Å²) in [6.07, 6.45) is 0. The first-order valence-corrected chi connectivity index (χ1v) is 5.37. The lowest BCUT2D eigenvalue weighted by Crippen LogP contribution is -1.94. The molecule has 0 radical (unpaired) electrons. The Labute approximate surface area is 104 Å². The second-order valence-corrected chi connectivity index (χ2v) is 3.71. The smallest absolute Gasteiger partial charge is 0.168 e. The van der Waals surface area contributed by atoms with Gasteiger partial charge in [-0.05, 0) is 18.2 Å². The molecule has 0 spiro atoms. The molecule has 0 fully saturated rings. The van der Waals surface area contributed by atoms with Crippen molar-refractivity contribution in [1.82, 2.24) is 0 Å². The molecule has 0 unspecified atom stereocenters. The van der Waals surface area contributed by atoms with Crippen LogP contribution in [0, 0.1) is 5.82 Å². The van der Waals surface area contributed by atoms with E-state index >= 15 is 0 Å². The lowest BCUT2D eigenvalue weighted by Gasteiger charge is -2.13. The summed E-state index contributed by atoms with van der Waals surface area (Å²) in [7, 11) is 3.02. The number of phenols is 1. The zero-order valence-electron chi connectivity index (χ0n) is 10.1. The van der Waals surface area contributed by atoms with E-state index in [0.717, 1.165) is 6.07 Å². The zero-order chi connectivity index (χ0) is 13.1. The molecule has 0 saturated carbocycles. The molecule has 0 saturated heterocycles. The van der Waals surface area contributed by atoms with Gasteiger partial charge in [0.1, 0.15) is 11.6 Å². The highest BCUT2D eigenvalue weighted by Gasteiger charge is 2.14. The second-order valence-electron chi connectivity index (χ2n) is 3.71. The van der Waals surface area contributed by atoms with Gasteiger partial charge in [0.15, 0.2) is 11.5 Å². The zero-order valence-corrected chi connectivity index (χ0v) is 10.1. The first kappa shape index (κ1) is 12.2. The van der Waals surface area contributed by atoms with Crippen molar-refractivity contribution in [2.45, 2.75) is 0 Å². The second kappa shape index (κ2) is 4.96. The summed E-state index contributed by atoms with van der Waals surface area (Å²) in [5.74, 6) is 0.367. The summed E-state index contributed by atoms with van der Waals surface area (Å²) in [4.78, 5) is 0. The van der Waals surface area contributed by atoms with Crippen LogP contribution in [0.2, 0.25) is 0 Å². The van der Waals surface area contributed by atoms with E-state index in [9.17, 15) is 9.50 Å². The molecule has 1 N–H and O–H groups in total. The van der Waals surface area contributed by atoms with Crippen LogP contribution in [0.3, 0.4) is 0 Å². The van der Waals surface area contributed by atoms with E-state index in [1.54, 1.807) is 18.2 Å². The van der Waals surface area contributed by atoms with Crippen LogP contribution in [0.1, 0.15) is 0 Å². The fourth-order valence-electron chi connectivity index (χ4n) is 1.82. The number of phenolic OH excluding ortho intramolecular Hbond substituents is 1. The summed E-state index contributed by atoms with van der Waals surface area (Å²) in [6.45, 7) is 0. The summed E-state index contributed by atoms with van der Waals surface area (Å²) in [5, 5.41) is 9.22. The SMILES string of the molecule is COc1cccc(-c2ccc(O)cc2F)c1OC. The first-order valence-electron chi connectivity index (χ1n) is 5.37. The Morgan fingerprint density at radius 2 is 1.78 bits per heavy atom. The third-order valence-corrected chi connectivity index (χ3v) is 2.65. The fourth-order valence-corrected chi connectivity index (χ4v) is 1.82. The molecule has 2 aromatic rings. The predicted molar refractivity (Wildman–Crippen MR) is 66.6 cm³/mol. The van der Waals surface area contributed by atoms with Crippen LogP contribution in [0.4, 0.5) is 4.39 Å². The van der Waals surface area contributed by atoms with E-state index in [1.807, 2.05) is 0 Å². The minimum Gasteiger partial charge on any atom is -0.508 e. The Hall–Kier alpha value is -2.23. The van der Waals surface area contributed by atoms with Gasteiger partial charge in [0.25, 0.3) is 0 Å². The number of hydrogen-bond acceptors (Lipinski definition) is 3. The van der Waals surface area contributed by atoms with E-state index in [2.05, 4.69) is 0 Å². The van der Waals surface area contributed by atoms with Gasteiger partial charge >= 0.3 is 0 Å². The lowest BCUT2D eigenvalue weighted by molar-refractivity contribution is 0.356. The average Bonchev–Trinajstić information content (AvgIpc) is 2.37. The van der Waals surface area contributed by atoms with E-state index in [0.29, 0.717) is 22.6 Å². The Bertz CT molecular complexity index is 567. The highest BCUT2D eigenvalue weighted by Crippen LogP contribution is 2.39. The third kappa shape index (κ3) is 2.09. The molecule has 0 aliphatic heterocycles. The number of para-hydroxylation sites is 1. The monoisotopic (exact) mass is 248 g/mol. The number of halogens is 1. The predicted octanol–water partition coefficient (Wildman–Crippen LogP) is 3.22. The van der Waals surface area contributed by atoms with Gasteiger partial charge < -0.3 is 14.6 Å². The normalized spacial score (nSPS) is 10.2. The molecule has 0 amide bonds. The van der Waals surface area contributed by atoms with Crippen LogP contribution in [-0.4, -0.2) is 19.3 Å². The molecule has 18 heavy (non-hydrogen) atoms. The Morgan fingerprint density at radius 3 is 2.39 bits per heavy atom. The summed E-state index contributed by atoms with van der Waals surface area (Å²) >= 11 is 0. The minimum absolute atomic E-state index is 0.113. The highest BCUT2D eigenvalue weighted by molar-refractivity contribution is 5.74. The molecule has 0 heterocycles. The van der Waals surface area contributed by atoms with Crippen molar-refractivity contribution in [3.05, 3.63) is 42.2 Å². The Morgan fingerprint density at radius 1 is 1.00 bits per heavy atom. The van der Waals surface area contributed by atoms with Gasteiger partial charge in [-0.15, -0.1) is 0 Å². The van der Waals surface area contributed by atoms with E-state index in [-0.39, 0.29) is 5.75 Å². The highest BCUT2D eigenvalue weighted by atomic mass is 19.1. The number of ether oxygens (including phenoxy) is 2. The van der Waals surface area contributed by atoms with Crippen LogP contribution in [0.25, 0.3) is 11.1 Å². The topological polar surface area (TPSA) is 38.7 Å². The average molecular weight is 248 g/mol. The van der Waals surface area contributed by atoms with Crippen LogP contribution in [-0.2, 0) is 0 Å². The molecule has 94 valence electrons. The van der Waals surface area contributed by atoms with Gasteiger partial charge in [-0.1, -0.05) is 12.1 Å². The van der Waals surface area contributed by atoms with Gasteiger partial charge in [-0.3, -0.25) is 0 Å². The maximum Gasteiger partial charge on any atom is 0.168 e. The number of rotatable bonds is 3. The largest absolute Gasteiger partial charge is 0.508 e. The van der Waals surface area contributed by atoms with Gasteiger partial charge in [0.2, 0.25) is 0 Å². The van der Waals surface area contributed by atoms with Crippen LogP contribution < -0.4 is 9.47 Å². The fraction of sp³-hybridized carbons (Fsp3) is 0.143. The maximum atomic E-state index is 13.8. The molecule has 3 nitrogen and oxygen atoms in total. The molecular formula is C14H13FO3. The van der Waals surface area contributed by atoms with E-state index in [4.69, 9.17) is 9.47 Å². The maximum absolute atomic E-state index is 13.8. The van der Waals surface area contributed by atoms with Crippen molar-refractivity contribution >= 4 is 0 Å². The van der Waals surface area contributed by atoms with Crippen molar-refractivity contribution in [3.8, 4) is 28.4 Å². The summed E-state index contributed by atoms with van der Waals surface area (Å²) in [6, 6.07) is 9.22. The Balaban J connectivity index is 2.63. The molecule has 0 aliphatic rings. The summed E-state index contributed by atoms with van der Waals surface area (Å²) < 4.78 is 24.2. The Kier molecular flexibility index (Phi) is 3.37. The quantitative estimate of drug-likeness (QED) is 0.906. The van der Waals surface area contributed by atoms with Crippen molar-refractivity contribution in [2.24, 2.45) is 0 Å². The van der Waals surface area contributed by atoms with E-state index in [1.165, 1.54) is 26.4 Å². The van der Waals surface area contributed by atoms with Crippen LogP contribution in [0.15, 0.2) is 36.4 Å². The number of methoxy groups -OCH3 is 2. The molecule has 0 aliphatic carbocycles. The van der Waals surface area contributed by atoms with Gasteiger partial charge in [-0.2, -0.15) is 0 Å². The van der Waals surface area contributed by atoms with Crippen LogP contribution in [0.5, 0.6) is 17.2 Å². The number of benzene rings is 2. The standard InChI is InChI=1S/C14H13FO3/c1-17-13-5-3-4-11(14(13)18-2)10-7-6-9(16)8-12(10)15/h3-8,16H,1-2H3. The molecule has 2 aromatic carbocycles. The lowest BCUT2D eigenvalue weighted by atomic mass is 10.0. The molecule has 0 atom stereocenters. The van der Waals surface area contributed by atoms with Gasteiger partial charge in [0, 0.05) is 17.2 Å². The van der Waals surface area contributed by atoms with Crippen molar-refractivity contribution in [1.29, 1.82) is 0 Å². The van der Waals surface area contributed by atoms with Crippen LogP contribution >= 0.6 is 0 Å². The number of hydrogen-bond donors (Lipinski definition) is 1. The number of aromatic hydroxyl groups is 1. The molecule has 2 rings (SSSR count). The van der Waals surface area contributed by atoms with Crippen molar-refractivity contribution < 1.29 is 19.0 Å². The summed E-state index contributed by atoms with van der Waals surface area (Å²) in [5.41, 5.74) is 0.929. The molecule has 4 heteroatoms. The first-order chi connectivity index (χ1) is 8.67.